The smallest absolute Gasteiger partial charge is 0.327 e. The molecular weight excluding hydrogens is 272 g/mol. The van der Waals surface area contributed by atoms with Crippen LogP contribution in [0.25, 0.3) is 0 Å². The van der Waals surface area contributed by atoms with Gasteiger partial charge >= 0.3 is 5.97 Å². The second-order valence-corrected chi connectivity index (χ2v) is 6.56. The van der Waals surface area contributed by atoms with Gasteiger partial charge in [0, 0.05) is 25.4 Å². The number of carboxylic acids is 1. The lowest BCUT2D eigenvalue weighted by Crippen LogP contribution is -2.49. The van der Waals surface area contributed by atoms with E-state index in [-0.39, 0.29) is 24.3 Å². The van der Waals surface area contributed by atoms with E-state index in [0.29, 0.717) is 6.54 Å². The molecule has 1 rings (SSSR count). The van der Waals surface area contributed by atoms with Crippen LogP contribution in [0.5, 0.6) is 0 Å². The molecule has 7 nitrogen and oxygen atoms in total. The van der Waals surface area contributed by atoms with Gasteiger partial charge < -0.3 is 15.7 Å². The van der Waals surface area contributed by atoms with Gasteiger partial charge in [-0.25, -0.2) is 13.2 Å². The highest BCUT2D eigenvalue weighted by molar-refractivity contribution is 7.91. The Morgan fingerprint density at radius 3 is 2.74 bits per heavy atom. The highest BCUT2D eigenvalue weighted by Crippen LogP contribution is 2.05. The van der Waals surface area contributed by atoms with E-state index in [1.54, 1.807) is 0 Å². The van der Waals surface area contributed by atoms with Crippen molar-refractivity contribution < 1.29 is 23.1 Å². The quantitative estimate of drug-likeness (QED) is 0.523. The normalized spacial score (nSPS) is 23.0. The van der Waals surface area contributed by atoms with Crippen LogP contribution in [0.15, 0.2) is 0 Å². The van der Waals surface area contributed by atoms with E-state index < -0.39 is 33.8 Å². The van der Waals surface area contributed by atoms with Crippen LogP contribution in [-0.4, -0.2) is 55.5 Å². The predicted octanol–water partition coefficient (Wildman–Crippen LogP) is -1.64. The topological polar surface area (TPSA) is 113 Å². The van der Waals surface area contributed by atoms with E-state index >= 15 is 0 Å². The van der Waals surface area contributed by atoms with E-state index in [9.17, 15) is 18.0 Å². The van der Waals surface area contributed by atoms with Crippen molar-refractivity contribution in [2.75, 3.05) is 18.1 Å². The Kier molecular flexibility index (Phi) is 5.32. The number of carbonyl (C=O) groups excluding carboxylic acids is 1. The molecule has 1 amide bonds. The third kappa shape index (κ3) is 5.28. The van der Waals surface area contributed by atoms with Crippen molar-refractivity contribution in [1.82, 2.24) is 10.6 Å². The number of aliphatic carboxylic acids is 1. The summed E-state index contributed by atoms with van der Waals surface area (Å²) in [6.45, 7) is 0.299. The highest BCUT2D eigenvalue weighted by atomic mass is 32.2. The molecule has 0 aromatic carbocycles. The summed E-state index contributed by atoms with van der Waals surface area (Å²) in [6.07, 6.45) is 4.80. The summed E-state index contributed by atoms with van der Waals surface area (Å²) in [5.74, 6) is 0.359. The number of carboxylic acid groups (broad SMARTS) is 1. The molecule has 0 aliphatic carbocycles. The van der Waals surface area contributed by atoms with Crippen LogP contribution in [0.3, 0.4) is 0 Å². The Morgan fingerprint density at radius 2 is 2.21 bits per heavy atom. The molecule has 106 valence electrons. The fourth-order valence-corrected chi connectivity index (χ4v) is 3.24. The molecule has 19 heavy (non-hydrogen) atoms. The van der Waals surface area contributed by atoms with E-state index in [2.05, 4.69) is 16.6 Å². The van der Waals surface area contributed by atoms with Crippen molar-refractivity contribution in [3.63, 3.8) is 0 Å². The Morgan fingerprint density at radius 1 is 1.53 bits per heavy atom. The van der Waals surface area contributed by atoms with Gasteiger partial charge in [-0.05, 0) is 0 Å². The lowest BCUT2D eigenvalue weighted by atomic mass is 10.1. The third-order valence-corrected chi connectivity index (χ3v) is 4.42. The Hall–Kier alpha value is -1.59. The maximum Gasteiger partial charge on any atom is 0.327 e. The van der Waals surface area contributed by atoms with Crippen LogP contribution in [0.1, 0.15) is 12.8 Å². The minimum atomic E-state index is -3.12. The highest BCUT2D eigenvalue weighted by Gasteiger charge is 2.27. The second kappa shape index (κ2) is 6.54. The molecule has 8 heteroatoms. The van der Waals surface area contributed by atoms with Gasteiger partial charge in [-0.15, -0.1) is 12.3 Å². The number of rotatable bonds is 5. The van der Waals surface area contributed by atoms with Crippen molar-refractivity contribution in [1.29, 1.82) is 0 Å². The van der Waals surface area contributed by atoms with Crippen molar-refractivity contribution in [3.05, 3.63) is 0 Å². The van der Waals surface area contributed by atoms with Gasteiger partial charge in [0.2, 0.25) is 5.91 Å². The van der Waals surface area contributed by atoms with Crippen LogP contribution in [-0.2, 0) is 19.4 Å². The molecule has 1 saturated heterocycles. The molecule has 1 aliphatic rings. The summed E-state index contributed by atoms with van der Waals surface area (Å²) < 4.78 is 22.8. The number of sulfone groups is 1. The average molecular weight is 288 g/mol. The van der Waals surface area contributed by atoms with Gasteiger partial charge in [0.25, 0.3) is 0 Å². The maximum atomic E-state index is 11.6. The number of carbonyl (C=O) groups is 2. The first-order chi connectivity index (χ1) is 8.84. The van der Waals surface area contributed by atoms with E-state index in [1.165, 1.54) is 0 Å². The zero-order valence-electron chi connectivity index (χ0n) is 10.3. The van der Waals surface area contributed by atoms with Crippen LogP contribution in [0.4, 0.5) is 0 Å². The molecule has 1 heterocycles. The summed E-state index contributed by atoms with van der Waals surface area (Å²) in [5.41, 5.74) is 0. The number of amides is 1. The van der Waals surface area contributed by atoms with Crippen LogP contribution < -0.4 is 10.6 Å². The zero-order chi connectivity index (χ0) is 14.5. The lowest BCUT2D eigenvalue weighted by molar-refractivity contribution is -0.141. The monoisotopic (exact) mass is 288 g/mol. The minimum Gasteiger partial charge on any atom is -0.480 e. The molecule has 0 radical (unpaired) electrons. The number of nitrogens with one attached hydrogen (secondary N) is 2. The molecule has 0 aromatic rings. The lowest BCUT2D eigenvalue weighted by Gasteiger charge is -2.23. The average Bonchev–Trinajstić information content (AvgIpc) is 2.26. The minimum absolute atomic E-state index is 0.0555. The molecule has 0 spiro atoms. The first-order valence-corrected chi connectivity index (χ1v) is 7.55. The fourth-order valence-electron chi connectivity index (χ4n) is 1.79. The SMILES string of the molecule is C#CCC(NC(=O)CC1CS(=O)(=O)CCN1)C(=O)O. The molecule has 1 fully saturated rings. The number of hydrogen-bond donors (Lipinski definition) is 3. The van der Waals surface area contributed by atoms with Gasteiger partial charge in [0.1, 0.15) is 6.04 Å². The van der Waals surface area contributed by atoms with Gasteiger partial charge in [0.05, 0.1) is 11.5 Å². The molecule has 0 aromatic heterocycles. The van der Waals surface area contributed by atoms with Crippen molar-refractivity contribution in [3.8, 4) is 12.3 Å². The molecule has 0 bridgehead atoms. The van der Waals surface area contributed by atoms with Gasteiger partial charge in [-0.3, -0.25) is 4.79 Å². The summed E-state index contributed by atoms with van der Waals surface area (Å²) in [6, 6.07) is -1.63. The molecule has 2 atom stereocenters. The summed E-state index contributed by atoms with van der Waals surface area (Å²) >= 11 is 0. The molecule has 0 saturated carbocycles. The fraction of sp³-hybridized carbons (Fsp3) is 0.636. The summed E-state index contributed by atoms with van der Waals surface area (Å²) in [5, 5.41) is 14.0. The van der Waals surface area contributed by atoms with Gasteiger partial charge in [-0.2, -0.15) is 0 Å². The van der Waals surface area contributed by atoms with Crippen LogP contribution in [0.2, 0.25) is 0 Å². The Balaban J connectivity index is 2.51. The van der Waals surface area contributed by atoms with Crippen LogP contribution in [0, 0.1) is 12.3 Å². The first kappa shape index (κ1) is 15.5. The van der Waals surface area contributed by atoms with Crippen molar-refractivity contribution >= 4 is 21.7 Å². The standard InChI is InChI=1S/C11H16N2O5S/c1-2-3-9(11(15)16)13-10(14)6-8-7-19(17,18)5-4-12-8/h1,8-9,12H,3-7H2,(H,13,14)(H,15,16). The van der Waals surface area contributed by atoms with E-state index in [0.717, 1.165) is 0 Å². The van der Waals surface area contributed by atoms with Gasteiger partial charge in [0.15, 0.2) is 9.84 Å². The van der Waals surface area contributed by atoms with Crippen LogP contribution >= 0.6 is 0 Å². The second-order valence-electron chi connectivity index (χ2n) is 4.34. The molecule has 3 N–H and O–H groups in total. The maximum absolute atomic E-state index is 11.6. The predicted molar refractivity (Wildman–Crippen MR) is 68.1 cm³/mol. The van der Waals surface area contributed by atoms with E-state index in [4.69, 9.17) is 11.5 Å². The first-order valence-electron chi connectivity index (χ1n) is 5.73. The third-order valence-electron chi connectivity index (χ3n) is 2.69. The Bertz CT molecular complexity index is 494. The largest absolute Gasteiger partial charge is 0.480 e. The molecule has 2 unspecified atom stereocenters. The summed E-state index contributed by atoms with van der Waals surface area (Å²) in [7, 11) is -3.12. The van der Waals surface area contributed by atoms with Crippen molar-refractivity contribution in [2.45, 2.75) is 24.9 Å². The summed E-state index contributed by atoms with van der Waals surface area (Å²) in [4.78, 5) is 22.4. The number of hydrogen-bond acceptors (Lipinski definition) is 5. The van der Waals surface area contributed by atoms with Gasteiger partial charge in [-0.1, -0.05) is 0 Å². The van der Waals surface area contributed by atoms with Crippen molar-refractivity contribution in [2.24, 2.45) is 0 Å². The molecule has 1 aliphatic heterocycles. The van der Waals surface area contributed by atoms with E-state index in [1.807, 2.05) is 0 Å². The molecular formula is C11H16N2O5S. The zero-order valence-corrected chi connectivity index (χ0v) is 11.1. The Labute approximate surface area is 111 Å². The number of terminal acetylenes is 1.